The number of hydrogen-bond donors (Lipinski definition) is 2. The van der Waals surface area contributed by atoms with Crippen molar-refractivity contribution in [2.45, 2.75) is 40.5 Å². The van der Waals surface area contributed by atoms with Gasteiger partial charge in [0.1, 0.15) is 11.5 Å². The first-order valence-corrected chi connectivity index (χ1v) is 7.86. The molecule has 132 valence electrons. The fourth-order valence-corrected chi connectivity index (χ4v) is 1.68. The van der Waals surface area contributed by atoms with Crippen molar-refractivity contribution < 1.29 is 10.2 Å². The second-order valence-electron chi connectivity index (χ2n) is 4.95. The number of phenols is 2. The average Bonchev–Trinajstić information content (AvgIpc) is 2.54. The molecule has 2 aromatic carbocycles. The molecule has 0 aliphatic heterocycles. The third-order valence-electron chi connectivity index (χ3n) is 2.71. The van der Waals surface area contributed by atoms with Crippen LogP contribution in [0.25, 0.3) is 0 Å². The minimum Gasteiger partial charge on any atom is -0.508 e. The van der Waals surface area contributed by atoms with Crippen molar-refractivity contribution in [3.63, 3.8) is 0 Å². The Morgan fingerprint density at radius 3 is 1.29 bits per heavy atom. The Bertz CT molecular complexity index is 522. The lowest BCUT2D eigenvalue weighted by Crippen LogP contribution is -1.79. The smallest absolute Gasteiger partial charge is 0.119 e. The van der Waals surface area contributed by atoms with E-state index in [9.17, 15) is 10.2 Å². The molecule has 0 aliphatic rings. The number of aromatic hydroxyl groups is 2. The predicted molar refractivity (Wildman–Crippen MR) is 107 cm³/mol. The summed E-state index contributed by atoms with van der Waals surface area (Å²) in [7, 11) is 0. The molecule has 0 aliphatic carbocycles. The van der Waals surface area contributed by atoms with Gasteiger partial charge in [-0.1, -0.05) is 76.2 Å². The molecule has 24 heavy (non-hydrogen) atoms. The van der Waals surface area contributed by atoms with Gasteiger partial charge in [0.25, 0.3) is 0 Å². The quantitative estimate of drug-likeness (QED) is 0.647. The molecule has 2 N–H and O–H groups in total. The van der Waals surface area contributed by atoms with E-state index >= 15 is 0 Å². The van der Waals surface area contributed by atoms with Crippen molar-refractivity contribution in [2.75, 3.05) is 0 Å². The van der Waals surface area contributed by atoms with Crippen LogP contribution in [-0.4, -0.2) is 10.2 Å². The first-order valence-electron chi connectivity index (χ1n) is 7.86. The van der Waals surface area contributed by atoms with Gasteiger partial charge >= 0.3 is 0 Å². The first-order chi connectivity index (χ1) is 11.1. The highest BCUT2D eigenvalue weighted by atomic mass is 16.3. The van der Waals surface area contributed by atoms with Gasteiger partial charge in [-0.3, -0.25) is 0 Å². The molecular weight excluding hydrogens is 296 g/mol. The van der Waals surface area contributed by atoms with E-state index in [4.69, 9.17) is 0 Å². The fourth-order valence-electron chi connectivity index (χ4n) is 1.68. The monoisotopic (exact) mass is 328 g/mol. The standard InChI is InChI=1S/2C9H10O.C3H8.CH4/c2*1-2-5-8-6-3-4-7-9(8)10;1-3-2;/h2*2-4,6-7,10H,1,5H2;3H2,1-2H3;1H4. The lowest BCUT2D eigenvalue weighted by Gasteiger charge is -1.97. The number of benzene rings is 2. The Morgan fingerprint density at radius 1 is 0.750 bits per heavy atom. The average molecular weight is 328 g/mol. The highest BCUT2D eigenvalue weighted by Gasteiger charge is 1.94. The Morgan fingerprint density at radius 2 is 1.04 bits per heavy atom. The van der Waals surface area contributed by atoms with E-state index in [0.717, 1.165) is 24.0 Å². The molecule has 0 amide bonds. The second kappa shape index (κ2) is 15.4. The van der Waals surface area contributed by atoms with Crippen molar-refractivity contribution in [2.24, 2.45) is 0 Å². The molecule has 0 saturated heterocycles. The van der Waals surface area contributed by atoms with Gasteiger partial charge in [0, 0.05) is 0 Å². The zero-order valence-corrected chi connectivity index (χ0v) is 14.2. The van der Waals surface area contributed by atoms with E-state index < -0.39 is 0 Å². The van der Waals surface area contributed by atoms with Gasteiger partial charge in [0.15, 0.2) is 0 Å². The van der Waals surface area contributed by atoms with Crippen LogP contribution in [0.1, 0.15) is 38.8 Å². The van der Waals surface area contributed by atoms with Gasteiger partial charge in [-0.05, 0) is 36.1 Å². The van der Waals surface area contributed by atoms with E-state index in [-0.39, 0.29) is 7.43 Å². The van der Waals surface area contributed by atoms with Crippen LogP contribution >= 0.6 is 0 Å². The zero-order valence-electron chi connectivity index (χ0n) is 14.2. The molecule has 2 aromatic rings. The Labute approximate surface area is 147 Å². The number of allylic oxidation sites excluding steroid dienone is 2. The van der Waals surface area contributed by atoms with Gasteiger partial charge in [0.2, 0.25) is 0 Å². The van der Waals surface area contributed by atoms with Crippen LogP contribution in [0, 0.1) is 0 Å². The third-order valence-corrected chi connectivity index (χ3v) is 2.71. The number of hydrogen-bond acceptors (Lipinski definition) is 2. The molecule has 0 atom stereocenters. The SMILES string of the molecule is C.C=CCc1ccccc1O.C=CCc1ccccc1O.CCC. The van der Waals surface area contributed by atoms with Crippen molar-refractivity contribution >= 4 is 0 Å². The Balaban J connectivity index is 0. The maximum atomic E-state index is 9.19. The maximum absolute atomic E-state index is 9.19. The predicted octanol–water partition coefficient (Wildman–Crippen LogP) is 6.29. The summed E-state index contributed by atoms with van der Waals surface area (Å²) in [4.78, 5) is 0. The molecule has 0 saturated carbocycles. The van der Waals surface area contributed by atoms with E-state index in [1.165, 1.54) is 6.42 Å². The van der Waals surface area contributed by atoms with E-state index in [0.29, 0.717) is 11.5 Å². The van der Waals surface area contributed by atoms with Gasteiger partial charge in [-0.25, -0.2) is 0 Å². The van der Waals surface area contributed by atoms with Gasteiger partial charge in [0.05, 0.1) is 0 Å². The Hall–Kier alpha value is -2.48. The number of para-hydroxylation sites is 2. The molecule has 0 fully saturated rings. The second-order valence-corrected chi connectivity index (χ2v) is 4.95. The molecule has 2 heteroatoms. The maximum Gasteiger partial charge on any atom is 0.119 e. The van der Waals surface area contributed by atoms with Gasteiger partial charge in [-0.2, -0.15) is 0 Å². The molecular formula is C22H32O2. The summed E-state index contributed by atoms with van der Waals surface area (Å²) < 4.78 is 0. The van der Waals surface area contributed by atoms with Crippen molar-refractivity contribution in [1.82, 2.24) is 0 Å². The normalized spacial score (nSPS) is 8.42. The lowest BCUT2D eigenvalue weighted by atomic mass is 10.1. The number of phenolic OH excluding ortho intramolecular Hbond substituents is 2. The van der Waals surface area contributed by atoms with Crippen LogP contribution in [0.2, 0.25) is 0 Å². The summed E-state index contributed by atoms with van der Waals surface area (Å²) in [5.41, 5.74) is 1.86. The minimum absolute atomic E-state index is 0. The van der Waals surface area contributed by atoms with Crippen molar-refractivity contribution in [3.8, 4) is 11.5 Å². The molecule has 0 unspecified atom stereocenters. The van der Waals surface area contributed by atoms with Crippen LogP contribution in [-0.2, 0) is 12.8 Å². The first kappa shape index (κ1) is 23.8. The molecule has 0 aromatic heterocycles. The van der Waals surface area contributed by atoms with Crippen molar-refractivity contribution in [1.29, 1.82) is 0 Å². The summed E-state index contributed by atoms with van der Waals surface area (Å²) in [6, 6.07) is 14.5. The van der Waals surface area contributed by atoms with E-state index in [1.54, 1.807) is 24.3 Å². The van der Waals surface area contributed by atoms with Gasteiger partial charge in [-0.15, -0.1) is 13.2 Å². The summed E-state index contributed by atoms with van der Waals surface area (Å²) in [5, 5.41) is 18.4. The number of rotatable bonds is 4. The highest BCUT2D eigenvalue weighted by molar-refractivity contribution is 5.33. The molecule has 0 spiro atoms. The summed E-state index contributed by atoms with van der Waals surface area (Å²) in [6.07, 6.45) is 6.25. The van der Waals surface area contributed by atoms with Crippen LogP contribution in [0.5, 0.6) is 11.5 Å². The Kier molecular flexibility index (Phi) is 15.3. The van der Waals surface area contributed by atoms with E-state index in [2.05, 4.69) is 27.0 Å². The summed E-state index contributed by atoms with van der Waals surface area (Å²) in [5.74, 6) is 0.699. The zero-order chi connectivity index (χ0) is 17.5. The fraction of sp³-hybridized carbons (Fsp3) is 0.273. The minimum atomic E-state index is 0. The largest absolute Gasteiger partial charge is 0.508 e. The molecule has 2 rings (SSSR count). The topological polar surface area (TPSA) is 40.5 Å². The highest BCUT2D eigenvalue weighted by Crippen LogP contribution is 2.16. The summed E-state index contributed by atoms with van der Waals surface area (Å²) in [6.45, 7) is 11.4. The van der Waals surface area contributed by atoms with Crippen LogP contribution in [0.4, 0.5) is 0 Å². The third kappa shape index (κ3) is 10.3. The van der Waals surface area contributed by atoms with E-state index in [1.807, 2.05) is 36.4 Å². The van der Waals surface area contributed by atoms with Gasteiger partial charge < -0.3 is 10.2 Å². The molecule has 0 radical (unpaired) electrons. The molecule has 2 nitrogen and oxygen atoms in total. The summed E-state index contributed by atoms with van der Waals surface area (Å²) >= 11 is 0. The van der Waals surface area contributed by atoms with Crippen LogP contribution < -0.4 is 0 Å². The van der Waals surface area contributed by atoms with Crippen LogP contribution in [0.15, 0.2) is 73.8 Å². The lowest BCUT2D eigenvalue weighted by molar-refractivity contribution is 0.469. The molecule has 0 heterocycles. The van der Waals surface area contributed by atoms with Crippen LogP contribution in [0.3, 0.4) is 0 Å². The molecule has 0 bridgehead atoms. The van der Waals surface area contributed by atoms with Crippen molar-refractivity contribution in [3.05, 3.63) is 85.0 Å².